The molecule has 1 fully saturated rings. The maximum atomic E-state index is 5.30. The van der Waals surface area contributed by atoms with Crippen LogP contribution in [0.1, 0.15) is 0 Å². The van der Waals surface area contributed by atoms with Gasteiger partial charge in [-0.25, -0.2) is 0 Å². The Morgan fingerprint density at radius 3 is 2.57 bits per heavy atom. The second-order valence-electron chi connectivity index (χ2n) is 5.14. The highest BCUT2D eigenvalue weighted by molar-refractivity contribution is 14.0. The number of piperazine rings is 1. The number of ether oxygens (including phenoxy) is 2. The number of benzene rings is 1. The van der Waals surface area contributed by atoms with E-state index in [-0.39, 0.29) is 24.0 Å². The van der Waals surface area contributed by atoms with Crippen LogP contribution in [0.25, 0.3) is 0 Å². The first kappa shape index (κ1) is 19.8. The SMILES string of the molecule is CN=C(NCCOC)N1CCN(c2cccc(OC)c2)CC1.I. The van der Waals surface area contributed by atoms with Gasteiger partial charge in [-0.3, -0.25) is 4.99 Å². The highest BCUT2D eigenvalue weighted by atomic mass is 127. The average molecular weight is 434 g/mol. The van der Waals surface area contributed by atoms with Crippen LogP contribution in [0.4, 0.5) is 5.69 Å². The Morgan fingerprint density at radius 2 is 1.96 bits per heavy atom. The van der Waals surface area contributed by atoms with Crippen molar-refractivity contribution in [1.29, 1.82) is 0 Å². The van der Waals surface area contributed by atoms with Gasteiger partial charge in [0, 0.05) is 58.6 Å². The average Bonchev–Trinajstić information content (AvgIpc) is 2.59. The van der Waals surface area contributed by atoms with Gasteiger partial charge < -0.3 is 24.6 Å². The molecule has 1 saturated heterocycles. The van der Waals surface area contributed by atoms with Crippen molar-refractivity contribution in [1.82, 2.24) is 10.2 Å². The molecule has 0 unspecified atom stereocenters. The Labute approximate surface area is 155 Å². The van der Waals surface area contributed by atoms with Gasteiger partial charge in [-0.15, -0.1) is 24.0 Å². The Morgan fingerprint density at radius 1 is 1.22 bits per heavy atom. The van der Waals surface area contributed by atoms with Crippen LogP contribution in [0.15, 0.2) is 29.3 Å². The standard InChI is InChI=1S/C16H26N4O2.HI/c1-17-16(18-7-12-21-2)20-10-8-19(9-11-20)14-5-4-6-15(13-14)22-3;/h4-6,13H,7-12H2,1-3H3,(H,17,18);1H. The van der Waals surface area contributed by atoms with Gasteiger partial charge in [0.2, 0.25) is 0 Å². The summed E-state index contributed by atoms with van der Waals surface area (Å²) in [4.78, 5) is 9.01. The van der Waals surface area contributed by atoms with Gasteiger partial charge in [-0.1, -0.05) is 6.07 Å². The predicted molar refractivity (Wildman–Crippen MR) is 105 cm³/mol. The summed E-state index contributed by atoms with van der Waals surface area (Å²) in [6.07, 6.45) is 0. The van der Waals surface area contributed by atoms with Crippen LogP contribution in [0, 0.1) is 0 Å². The molecule has 0 aromatic heterocycles. The van der Waals surface area contributed by atoms with E-state index >= 15 is 0 Å². The number of halogens is 1. The number of methoxy groups -OCH3 is 2. The lowest BCUT2D eigenvalue weighted by atomic mass is 10.2. The molecule has 23 heavy (non-hydrogen) atoms. The predicted octanol–water partition coefficient (Wildman–Crippen LogP) is 1.66. The van der Waals surface area contributed by atoms with Crippen LogP contribution < -0.4 is 15.0 Å². The molecule has 0 radical (unpaired) electrons. The number of nitrogens with zero attached hydrogens (tertiary/aromatic N) is 3. The monoisotopic (exact) mass is 434 g/mol. The summed E-state index contributed by atoms with van der Waals surface area (Å²) in [5, 5.41) is 3.33. The number of hydrogen-bond acceptors (Lipinski definition) is 4. The molecule has 6 nitrogen and oxygen atoms in total. The molecule has 130 valence electrons. The molecule has 0 amide bonds. The Balaban J connectivity index is 0.00000264. The fourth-order valence-corrected chi connectivity index (χ4v) is 2.58. The third kappa shape index (κ3) is 5.72. The zero-order chi connectivity index (χ0) is 15.8. The Bertz CT molecular complexity index is 491. The van der Waals surface area contributed by atoms with E-state index in [1.165, 1.54) is 5.69 Å². The minimum absolute atomic E-state index is 0. The first-order chi connectivity index (χ1) is 10.8. The second-order valence-corrected chi connectivity index (χ2v) is 5.14. The van der Waals surface area contributed by atoms with Crippen LogP contribution in [-0.2, 0) is 4.74 Å². The van der Waals surface area contributed by atoms with Crippen molar-refractivity contribution >= 4 is 35.6 Å². The zero-order valence-electron chi connectivity index (χ0n) is 14.1. The van der Waals surface area contributed by atoms with Gasteiger partial charge in [-0.05, 0) is 12.1 Å². The molecule has 1 aromatic rings. The van der Waals surface area contributed by atoms with Crippen LogP contribution in [0.2, 0.25) is 0 Å². The second kappa shape index (κ2) is 10.5. The maximum absolute atomic E-state index is 5.30. The van der Waals surface area contributed by atoms with Crippen LogP contribution in [0.5, 0.6) is 5.75 Å². The minimum atomic E-state index is 0. The molecule has 1 aliphatic heterocycles. The first-order valence-electron chi connectivity index (χ1n) is 7.62. The molecule has 1 aromatic carbocycles. The number of nitrogens with one attached hydrogen (secondary N) is 1. The summed E-state index contributed by atoms with van der Waals surface area (Å²) >= 11 is 0. The molecule has 0 bridgehead atoms. The molecule has 0 atom stereocenters. The molecular formula is C16H27IN4O2. The third-order valence-corrected chi connectivity index (χ3v) is 3.80. The number of aliphatic imine (C=N–C) groups is 1. The van der Waals surface area contributed by atoms with E-state index in [0.29, 0.717) is 6.61 Å². The normalized spacial score (nSPS) is 15.2. The van der Waals surface area contributed by atoms with Crippen molar-refractivity contribution in [2.24, 2.45) is 4.99 Å². The highest BCUT2D eigenvalue weighted by Crippen LogP contribution is 2.22. The number of rotatable bonds is 5. The molecule has 0 spiro atoms. The van der Waals surface area contributed by atoms with Crippen molar-refractivity contribution in [3.8, 4) is 5.75 Å². The topological polar surface area (TPSA) is 49.3 Å². The fourth-order valence-electron chi connectivity index (χ4n) is 2.58. The molecule has 0 aliphatic carbocycles. The summed E-state index contributed by atoms with van der Waals surface area (Å²) in [6, 6.07) is 8.22. The van der Waals surface area contributed by atoms with Gasteiger partial charge >= 0.3 is 0 Å². The van der Waals surface area contributed by atoms with Crippen LogP contribution >= 0.6 is 24.0 Å². The van der Waals surface area contributed by atoms with E-state index in [2.05, 4.69) is 32.2 Å². The lowest BCUT2D eigenvalue weighted by molar-refractivity contribution is 0.202. The van der Waals surface area contributed by atoms with E-state index in [1.807, 2.05) is 19.2 Å². The van der Waals surface area contributed by atoms with E-state index in [1.54, 1.807) is 14.2 Å². The number of anilines is 1. The van der Waals surface area contributed by atoms with Crippen molar-refractivity contribution in [3.05, 3.63) is 24.3 Å². The summed E-state index contributed by atoms with van der Waals surface area (Å²) < 4.78 is 10.4. The first-order valence-corrected chi connectivity index (χ1v) is 7.62. The minimum Gasteiger partial charge on any atom is -0.497 e. The molecule has 0 saturated carbocycles. The summed E-state index contributed by atoms with van der Waals surface area (Å²) in [6.45, 7) is 5.30. The van der Waals surface area contributed by atoms with Crippen LogP contribution in [-0.4, -0.2) is 71.5 Å². The van der Waals surface area contributed by atoms with E-state index in [4.69, 9.17) is 9.47 Å². The van der Waals surface area contributed by atoms with Crippen LogP contribution in [0.3, 0.4) is 0 Å². The van der Waals surface area contributed by atoms with Crippen molar-refractivity contribution in [3.63, 3.8) is 0 Å². The van der Waals surface area contributed by atoms with Crippen molar-refractivity contribution < 1.29 is 9.47 Å². The lowest BCUT2D eigenvalue weighted by Gasteiger charge is -2.37. The molecule has 2 rings (SSSR count). The molecular weight excluding hydrogens is 407 g/mol. The maximum Gasteiger partial charge on any atom is 0.193 e. The number of guanidine groups is 1. The van der Waals surface area contributed by atoms with Crippen molar-refractivity contribution in [2.75, 3.05) is 65.5 Å². The van der Waals surface area contributed by atoms with Gasteiger partial charge in [0.15, 0.2) is 5.96 Å². The summed E-state index contributed by atoms with van der Waals surface area (Å²) in [5.74, 6) is 1.85. The van der Waals surface area contributed by atoms with Gasteiger partial charge in [-0.2, -0.15) is 0 Å². The van der Waals surface area contributed by atoms with E-state index in [0.717, 1.165) is 44.4 Å². The van der Waals surface area contributed by atoms with Crippen molar-refractivity contribution in [2.45, 2.75) is 0 Å². The third-order valence-electron chi connectivity index (χ3n) is 3.80. The zero-order valence-corrected chi connectivity index (χ0v) is 16.4. The highest BCUT2D eigenvalue weighted by Gasteiger charge is 2.19. The van der Waals surface area contributed by atoms with E-state index < -0.39 is 0 Å². The Kier molecular flexibility index (Phi) is 9.08. The number of hydrogen-bond donors (Lipinski definition) is 1. The van der Waals surface area contributed by atoms with Gasteiger partial charge in [0.25, 0.3) is 0 Å². The van der Waals surface area contributed by atoms with E-state index in [9.17, 15) is 0 Å². The molecule has 1 N–H and O–H groups in total. The largest absolute Gasteiger partial charge is 0.497 e. The molecule has 1 aliphatic rings. The summed E-state index contributed by atoms with van der Waals surface area (Å²) in [7, 11) is 5.23. The fraction of sp³-hybridized carbons (Fsp3) is 0.562. The summed E-state index contributed by atoms with van der Waals surface area (Å²) in [5.41, 5.74) is 1.21. The quantitative estimate of drug-likeness (QED) is 0.331. The smallest absolute Gasteiger partial charge is 0.193 e. The lowest BCUT2D eigenvalue weighted by Crippen LogP contribution is -2.53. The Hall–Kier alpha value is -1.22. The van der Waals surface area contributed by atoms with Gasteiger partial charge in [0.05, 0.1) is 13.7 Å². The molecule has 1 heterocycles. The van der Waals surface area contributed by atoms with Gasteiger partial charge in [0.1, 0.15) is 5.75 Å². The molecule has 7 heteroatoms.